The Labute approximate surface area is 158 Å². The Balaban J connectivity index is 1.76. The van der Waals surface area contributed by atoms with E-state index in [9.17, 15) is 9.90 Å². The largest absolute Gasteiger partial charge is 0.508 e. The van der Waals surface area contributed by atoms with Crippen molar-refractivity contribution < 1.29 is 9.90 Å². The van der Waals surface area contributed by atoms with Gasteiger partial charge in [0.2, 0.25) is 0 Å². The van der Waals surface area contributed by atoms with E-state index in [1.807, 2.05) is 6.92 Å². The molecule has 0 aliphatic carbocycles. The summed E-state index contributed by atoms with van der Waals surface area (Å²) in [6.45, 7) is 6.71. The molecule has 0 bridgehead atoms. The number of aliphatic imine (C=N–C) groups is 1. The van der Waals surface area contributed by atoms with Crippen molar-refractivity contribution >= 4 is 23.2 Å². The normalized spacial score (nSPS) is 12.5. The summed E-state index contributed by atoms with van der Waals surface area (Å²) in [6, 6.07) is 10.4. The Morgan fingerprint density at radius 3 is 2.54 bits per heavy atom. The highest BCUT2D eigenvalue weighted by Crippen LogP contribution is 2.20. The Morgan fingerprint density at radius 2 is 1.88 bits per heavy atom. The fourth-order valence-corrected chi connectivity index (χ4v) is 3.08. The van der Waals surface area contributed by atoms with Gasteiger partial charge in [0, 0.05) is 36.0 Å². The Kier molecular flexibility index (Phi) is 7.95. The molecule has 1 aromatic carbocycles. The number of aromatic hydroxyl groups is 1. The van der Waals surface area contributed by atoms with Crippen molar-refractivity contribution in [2.75, 3.05) is 26.2 Å². The summed E-state index contributed by atoms with van der Waals surface area (Å²) in [5.41, 5.74) is 0.521. The average molecular weight is 375 g/mol. The van der Waals surface area contributed by atoms with E-state index < -0.39 is 0 Å². The van der Waals surface area contributed by atoms with E-state index in [2.05, 4.69) is 45.4 Å². The van der Waals surface area contributed by atoms with Crippen LogP contribution in [0.15, 0.2) is 46.8 Å². The molecule has 2 rings (SSSR count). The van der Waals surface area contributed by atoms with Gasteiger partial charge in [-0.1, -0.05) is 13.0 Å². The van der Waals surface area contributed by atoms with E-state index in [0.29, 0.717) is 31.1 Å². The summed E-state index contributed by atoms with van der Waals surface area (Å²) in [5, 5.41) is 20.6. The lowest BCUT2D eigenvalue weighted by Crippen LogP contribution is -2.41. The second-order valence-corrected chi connectivity index (χ2v) is 6.84. The van der Waals surface area contributed by atoms with Crippen molar-refractivity contribution in [1.82, 2.24) is 16.0 Å². The molecule has 140 valence electrons. The van der Waals surface area contributed by atoms with Gasteiger partial charge in [-0.25, -0.2) is 0 Å². The number of amides is 1. The summed E-state index contributed by atoms with van der Waals surface area (Å²) in [6.07, 6.45) is 0. The molecule has 2 aromatic rings. The molecule has 0 spiro atoms. The second kappa shape index (κ2) is 10.5. The monoisotopic (exact) mass is 374 g/mol. The lowest BCUT2D eigenvalue weighted by atomic mass is 10.1. The van der Waals surface area contributed by atoms with Crippen LogP contribution < -0.4 is 16.0 Å². The standard InChI is InChI=1S/C19H26N4O2S/c1-3-20-19(23-13-14(2)17-5-4-12-26-17)22-11-10-21-18(25)15-6-8-16(24)9-7-15/h4-9,12,14,24H,3,10-11,13H2,1-2H3,(H,21,25)(H2,20,22,23). The number of carbonyl (C=O) groups excluding carboxylic acids is 1. The first-order valence-corrected chi connectivity index (χ1v) is 9.61. The third kappa shape index (κ3) is 6.40. The van der Waals surface area contributed by atoms with Gasteiger partial charge < -0.3 is 21.1 Å². The molecule has 1 aromatic heterocycles. The van der Waals surface area contributed by atoms with Crippen LogP contribution in [0.1, 0.15) is 35.0 Å². The van der Waals surface area contributed by atoms with Crippen molar-refractivity contribution in [2.45, 2.75) is 19.8 Å². The summed E-state index contributed by atoms with van der Waals surface area (Å²) < 4.78 is 0. The Morgan fingerprint density at radius 1 is 1.15 bits per heavy atom. The van der Waals surface area contributed by atoms with Crippen LogP contribution in [0.2, 0.25) is 0 Å². The maximum absolute atomic E-state index is 12.0. The number of hydrogen-bond acceptors (Lipinski definition) is 4. The number of nitrogens with one attached hydrogen (secondary N) is 3. The molecule has 1 atom stereocenters. The zero-order chi connectivity index (χ0) is 18.8. The minimum Gasteiger partial charge on any atom is -0.508 e. The van der Waals surface area contributed by atoms with Gasteiger partial charge in [0.15, 0.2) is 5.96 Å². The van der Waals surface area contributed by atoms with E-state index in [4.69, 9.17) is 0 Å². The van der Waals surface area contributed by atoms with Crippen LogP contribution in [0.5, 0.6) is 5.75 Å². The molecule has 1 amide bonds. The lowest BCUT2D eigenvalue weighted by molar-refractivity contribution is 0.0954. The summed E-state index contributed by atoms with van der Waals surface area (Å²) >= 11 is 1.75. The topological polar surface area (TPSA) is 85.8 Å². The predicted octanol–water partition coefficient (Wildman–Crippen LogP) is 2.54. The zero-order valence-corrected chi connectivity index (χ0v) is 16.0. The highest BCUT2D eigenvalue weighted by atomic mass is 32.1. The molecule has 4 N–H and O–H groups in total. The molecule has 0 aliphatic heterocycles. The van der Waals surface area contributed by atoms with Gasteiger partial charge >= 0.3 is 0 Å². The highest BCUT2D eigenvalue weighted by molar-refractivity contribution is 7.10. The smallest absolute Gasteiger partial charge is 0.251 e. The molecule has 7 heteroatoms. The molecule has 0 radical (unpaired) electrons. The van der Waals surface area contributed by atoms with Crippen LogP contribution in [0, 0.1) is 0 Å². The van der Waals surface area contributed by atoms with E-state index in [-0.39, 0.29) is 11.7 Å². The maximum atomic E-state index is 12.0. The van der Waals surface area contributed by atoms with Crippen molar-refractivity contribution in [3.05, 3.63) is 52.2 Å². The fraction of sp³-hybridized carbons (Fsp3) is 0.368. The molecule has 0 saturated heterocycles. The first kappa shape index (κ1) is 19.8. The van der Waals surface area contributed by atoms with Gasteiger partial charge in [0.1, 0.15) is 5.75 Å². The van der Waals surface area contributed by atoms with Crippen LogP contribution in [-0.4, -0.2) is 43.2 Å². The Bertz CT molecular complexity index is 699. The van der Waals surface area contributed by atoms with Crippen LogP contribution in [0.25, 0.3) is 0 Å². The van der Waals surface area contributed by atoms with Crippen molar-refractivity contribution in [1.29, 1.82) is 0 Å². The molecular formula is C19H26N4O2S. The molecule has 26 heavy (non-hydrogen) atoms. The number of phenolic OH excluding ortho intramolecular Hbond substituents is 1. The van der Waals surface area contributed by atoms with Crippen LogP contribution in [0.3, 0.4) is 0 Å². The van der Waals surface area contributed by atoms with Crippen LogP contribution in [-0.2, 0) is 0 Å². The predicted molar refractivity (Wildman–Crippen MR) is 107 cm³/mol. The maximum Gasteiger partial charge on any atom is 0.251 e. The quantitative estimate of drug-likeness (QED) is 0.325. The summed E-state index contributed by atoms with van der Waals surface area (Å²) in [5.74, 6) is 1.10. The van der Waals surface area contributed by atoms with E-state index in [0.717, 1.165) is 12.5 Å². The molecule has 1 heterocycles. The number of carbonyl (C=O) groups is 1. The number of nitrogens with zero attached hydrogens (tertiary/aromatic N) is 1. The number of thiophene rings is 1. The number of rotatable bonds is 8. The first-order chi connectivity index (χ1) is 12.6. The number of hydrogen-bond donors (Lipinski definition) is 4. The second-order valence-electron chi connectivity index (χ2n) is 5.87. The Hall–Kier alpha value is -2.54. The fourth-order valence-electron chi connectivity index (χ4n) is 2.30. The van der Waals surface area contributed by atoms with Crippen molar-refractivity contribution in [3.8, 4) is 5.75 Å². The van der Waals surface area contributed by atoms with Crippen LogP contribution in [0.4, 0.5) is 0 Å². The summed E-state index contributed by atoms with van der Waals surface area (Å²) in [4.78, 5) is 17.9. The SMILES string of the molecule is CCNC(=NCC(C)c1cccs1)NCCNC(=O)c1ccc(O)cc1. The van der Waals surface area contributed by atoms with E-state index >= 15 is 0 Å². The molecule has 6 nitrogen and oxygen atoms in total. The van der Waals surface area contributed by atoms with Gasteiger partial charge in [0.05, 0.1) is 6.54 Å². The molecular weight excluding hydrogens is 348 g/mol. The highest BCUT2D eigenvalue weighted by Gasteiger charge is 2.07. The molecule has 1 unspecified atom stereocenters. The van der Waals surface area contributed by atoms with Crippen LogP contribution >= 0.6 is 11.3 Å². The summed E-state index contributed by atoms with van der Waals surface area (Å²) in [7, 11) is 0. The first-order valence-electron chi connectivity index (χ1n) is 8.73. The minimum absolute atomic E-state index is 0.145. The van der Waals surface area contributed by atoms with E-state index in [1.165, 1.54) is 17.0 Å². The third-order valence-corrected chi connectivity index (χ3v) is 4.83. The minimum atomic E-state index is -0.167. The van der Waals surface area contributed by atoms with Gasteiger partial charge in [-0.15, -0.1) is 11.3 Å². The number of guanidine groups is 1. The van der Waals surface area contributed by atoms with Gasteiger partial charge in [-0.3, -0.25) is 9.79 Å². The van der Waals surface area contributed by atoms with Gasteiger partial charge in [0.25, 0.3) is 5.91 Å². The number of phenols is 1. The number of benzene rings is 1. The van der Waals surface area contributed by atoms with E-state index in [1.54, 1.807) is 23.5 Å². The molecule has 0 fully saturated rings. The molecule has 0 saturated carbocycles. The van der Waals surface area contributed by atoms with Crippen molar-refractivity contribution in [2.24, 2.45) is 4.99 Å². The lowest BCUT2D eigenvalue weighted by Gasteiger charge is -2.13. The molecule has 0 aliphatic rings. The van der Waals surface area contributed by atoms with Gasteiger partial charge in [-0.2, -0.15) is 0 Å². The third-order valence-electron chi connectivity index (χ3n) is 3.73. The zero-order valence-electron chi connectivity index (χ0n) is 15.2. The van der Waals surface area contributed by atoms with Crippen molar-refractivity contribution in [3.63, 3.8) is 0 Å². The average Bonchev–Trinajstić information content (AvgIpc) is 3.18. The van der Waals surface area contributed by atoms with Gasteiger partial charge in [-0.05, 0) is 42.6 Å².